The van der Waals surface area contributed by atoms with Gasteiger partial charge in [-0.05, 0) is 25.0 Å². The van der Waals surface area contributed by atoms with Gasteiger partial charge in [0.1, 0.15) is 19.0 Å². The van der Waals surface area contributed by atoms with Crippen LogP contribution >= 0.6 is 0 Å². The largest absolute Gasteiger partial charge is 0.491 e. The van der Waals surface area contributed by atoms with Crippen LogP contribution in [0.5, 0.6) is 5.75 Å². The van der Waals surface area contributed by atoms with E-state index >= 15 is 0 Å². The number of fused-ring (bicyclic) bond motifs is 1. The summed E-state index contributed by atoms with van der Waals surface area (Å²) in [6, 6.07) is 4.87. The van der Waals surface area contributed by atoms with Gasteiger partial charge in [0.15, 0.2) is 5.84 Å². The van der Waals surface area contributed by atoms with Gasteiger partial charge in [0.25, 0.3) is 5.91 Å². The number of hydrogen-bond donors (Lipinski definition) is 3. The van der Waals surface area contributed by atoms with Gasteiger partial charge in [-0.2, -0.15) is 8.42 Å². The van der Waals surface area contributed by atoms with Crippen LogP contribution in [0.15, 0.2) is 22.6 Å². The second kappa shape index (κ2) is 7.48. The van der Waals surface area contributed by atoms with E-state index in [2.05, 4.69) is 14.5 Å². The van der Waals surface area contributed by atoms with Crippen LogP contribution < -0.4 is 20.6 Å². The van der Waals surface area contributed by atoms with Crippen molar-refractivity contribution in [3.63, 3.8) is 0 Å². The first kappa shape index (κ1) is 18.4. The van der Waals surface area contributed by atoms with Crippen molar-refractivity contribution < 1.29 is 22.7 Å². The molecule has 26 heavy (non-hydrogen) atoms. The molecule has 0 radical (unpaired) electrons. The lowest BCUT2D eigenvalue weighted by molar-refractivity contribution is -0.141. The molecule has 1 fully saturated rings. The van der Waals surface area contributed by atoms with Crippen molar-refractivity contribution >= 4 is 27.6 Å². The van der Waals surface area contributed by atoms with E-state index < -0.39 is 10.2 Å². The molecule has 0 saturated carbocycles. The van der Waals surface area contributed by atoms with Gasteiger partial charge in [0, 0.05) is 13.7 Å². The Bertz CT molecular complexity index is 826. The molecule has 2 aliphatic rings. The zero-order valence-corrected chi connectivity index (χ0v) is 15.1. The van der Waals surface area contributed by atoms with Gasteiger partial charge in [-0.3, -0.25) is 14.5 Å². The third-order valence-electron chi connectivity index (χ3n) is 4.02. The topological polar surface area (TPSA) is 135 Å². The number of methoxy groups -OCH3 is 1. The van der Waals surface area contributed by atoms with Gasteiger partial charge >= 0.3 is 10.2 Å². The first-order chi connectivity index (χ1) is 12.4. The lowest BCUT2D eigenvalue weighted by atomic mass is 10.1. The van der Waals surface area contributed by atoms with E-state index in [-0.39, 0.29) is 31.0 Å². The van der Waals surface area contributed by atoms with Gasteiger partial charge in [-0.1, -0.05) is 6.07 Å². The summed E-state index contributed by atoms with van der Waals surface area (Å²) in [7, 11) is -2.36. The minimum atomic E-state index is -3.83. The molecule has 4 N–H and O–H groups in total. The number of carbonyl (C=O) groups is 1. The van der Waals surface area contributed by atoms with Crippen LogP contribution in [-0.2, 0) is 19.7 Å². The molecular formula is C15H21N5O5S. The number of benzene rings is 1. The second-order valence-electron chi connectivity index (χ2n) is 5.99. The van der Waals surface area contributed by atoms with Gasteiger partial charge in [-0.15, -0.1) is 4.40 Å². The molecule has 1 aromatic carbocycles. The third kappa shape index (κ3) is 4.06. The highest BCUT2D eigenvalue weighted by atomic mass is 32.2. The number of amides is 1. The maximum atomic E-state index is 11.9. The highest BCUT2D eigenvalue weighted by molar-refractivity contribution is 7.91. The van der Waals surface area contributed by atoms with Crippen LogP contribution in [0.1, 0.15) is 18.4 Å². The summed E-state index contributed by atoms with van der Waals surface area (Å²) in [6.07, 6.45) is 1.68. The van der Waals surface area contributed by atoms with Gasteiger partial charge < -0.3 is 15.2 Å². The Hall–Kier alpha value is -2.37. The van der Waals surface area contributed by atoms with E-state index in [0.717, 1.165) is 12.8 Å². The van der Waals surface area contributed by atoms with Crippen LogP contribution in [0.2, 0.25) is 0 Å². The summed E-state index contributed by atoms with van der Waals surface area (Å²) in [4.78, 5) is 11.9. The first-order valence-electron chi connectivity index (χ1n) is 8.09. The van der Waals surface area contributed by atoms with Crippen molar-refractivity contribution in [2.24, 2.45) is 10.1 Å². The molecule has 3 rings (SSSR count). The van der Waals surface area contributed by atoms with Crippen molar-refractivity contribution in [2.75, 3.05) is 31.6 Å². The minimum Gasteiger partial charge on any atom is -0.491 e. The second-order valence-corrected chi connectivity index (χ2v) is 7.33. The first-order valence-corrected chi connectivity index (χ1v) is 9.53. The number of ether oxygens (including phenoxy) is 2. The molecule has 10 nitrogen and oxygen atoms in total. The predicted octanol–water partition coefficient (Wildman–Crippen LogP) is -0.417. The van der Waals surface area contributed by atoms with E-state index in [9.17, 15) is 13.2 Å². The molecule has 1 saturated heterocycles. The Balaban J connectivity index is 1.69. The molecule has 1 amide bonds. The quantitative estimate of drug-likeness (QED) is 0.628. The Kier molecular flexibility index (Phi) is 5.30. The van der Waals surface area contributed by atoms with Crippen molar-refractivity contribution in [3.05, 3.63) is 23.8 Å². The lowest BCUT2D eigenvalue weighted by Gasteiger charge is -2.33. The Morgan fingerprint density at radius 3 is 3.04 bits per heavy atom. The maximum Gasteiger partial charge on any atom is 0.344 e. The molecule has 2 heterocycles. The zero-order chi connectivity index (χ0) is 18.7. The molecule has 2 aliphatic heterocycles. The fourth-order valence-electron chi connectivity index (χ4n) is 2.89. The van der Waals surface area contributed by atoms with E-state index in [1.807, 2.05) is 0 Å². The average Bonchev–Trinajstić information content (AvgIpc) is 2.59. The number of hydrogen-bond acceptors (Lipinski definition) is 7. The molecule has 0 aliphatic carbocycles. The number of nitrogens with two attached hydrogens (primary N) is 1. The monoisotopic (exact) mass is 383 g/mol. The minimum absolute atomic E-state index is 0.0138. The van der Waals surface area contributed by atoms with Gasteiger partial charge in [-0.25, -0.2) is 5.43 Å². The Labute approximate surface area is 151 Å². The van der Waals surface area contributed by atoms with Crippen LogP contribution in [0, 0.1) is 0 Å². The fourth-order valence-corrected chi connectivity index (χ4v) is 3.74. The number of nitrogens with one attached hydrogen (secondary N) is 2. The zero-order valence-electron chi connectivity index (χ0n) is 14.3. The summed E-state index contributed by atoms with van der Waals surface area (Å²) in [5.74, 6) is 0.163. The molecule has 0 unspecified atom stereocenters. The highest BCUT2D eigenvalue weighted by Crippen LogP contribution is 2.30. The van der Waals surface area contributed by atoms with Crippen LogP contribution in [0.25, 0.3) is 0 Å². The summed E-state index contributed by atoms with van der Waals surface area (Å²) in [6.45, 7) is 0.911. The Morgan fingerprint density at radius 1 is 1.46 bits per heavy atom. The predicted molar refractivity (Wildman–Crippen MR) is 95.0 cm³/mol. The maximum absolute atomic E-state index is 11.9. The summed E-state index contributed by atoms with van der Waals surface area (Å²) in [5, 5.41) is 1.53. The normalized spacial score (nSPS) is 21.3. The number of nitrogens with zero attached hydrogens (tertiary/aromatic N) is 2. The number of hydrazine groups is 1. The molecular weight excluding hydrogens is 362 g/mol. The molecule has 0 aromatic heterocycles. The molecule has 142 valence electrons. The standard InChI is InChI=1S/C15H21N5O5S/c1-24-9-13(21)20-7-3-4-10(17-20)8-25-12-6-2-5-11-14(12)15(16)19-26(22,23)18-11/h2,5-6,10,17-18H,3-4,7-9H2,1H3,(H2,16,19)/t10-/m1/s1. The summed E-state index contributed by atoms with van der Waals surface area (Å²) < 4.78 is 39.7. The Morgan fingerprint density at radius 2 is 2.27 bits per heavy atom. The third-order valence-corrected chi connectivity index (χ3v) is 4.94. The smallest absolute Gasteiger partial charge is 0.344 e. The summed E-state index contributed by atoms with van der Waals surface area (Å²) >= 11 is 0. The van der Waals surface area contributed by atoms with Crippen LogP contribution in [0.3, 0.4) is 0 Å². The van der Waals surface area contributed by atoms with E-state index in [4.69, 9.17) is 15.2 Å². The van der Waals surface area contributed by atoms with Gasteiger partial charge in [0.05, 0.1) is 17.3 Å². The molecule has 1 aromatic rings. The number of carbonyl (C=O) groups excluding carboxylic acids is 1. The van der Waals surface area contributed by atoms with E-state index in [0.29, 0.717) is 23.5 Å². The number of amidine groups is 1. The van der Waals surface area contributed by atoms with Crippen molar-refractivity contribution in [1.82, 2.24) is 10.4 Å². The average molecular weight is 383 g/mol. The summed E-state index contributed by atoms with van der Waals surface area (Å²) in [5.41, 5.74) is 9.64. The van der Waals surface area contributed by atoms with Crippen LogP contribution in [0.4, 0.5) is 5.69 Å². The van der Waals surface area contributed by atoms with Crippen molar-refractivity contribution in [3.8, 4) is 5.75 Å². The van der Waals surface area contributed by atoms with E-state index in [1.54, 1.807) is 18.2 Å². The van der Waals surface area contributed by atoms with Crippen molar-refractivity contribution in [2.45, 2.75) is 18.9 Å². The molecule has 0 bridgehead atoms. The number of anilines is 1. The van der Waals surface area contributed by atoms with Crippen LogP contribution in [-0.4, -0.2) is 58.1 Å². The van der Waals surface area contributed by atoms with E-state index in [1.165, 1.54) is 12.1 Å². The molecule has 1 atom stereocenters. The highest BCUT2D eigenvalue weighted by Gasteiger charge is 2.26. The molecule has 0 spiro atoms. The lowest BCUT2D eigenvalue weighted by Crippen LogP contribution is -2.55. The van der Waals surface area contributed by atoms with Gasteiger partial charge in [0.2, 0.25) is 0 Å². The SMILES string of the molecule is COCC(=O)N1CCC[C@H](COc2cccc3c2C(N)=NS(=O)(=O)N3)N1. The van der Waals surface area contributed by atoms with Crippen molar-refractivity contribution in [1.29, 1.82) is 0 Å². The molecule has 11 heteroatoms. The number of rotatable bonds is 5. The fraction of sp³-hybridized carbons (Fsp3) is 0.467.